The molecule has 1 fully saturated rings. The van der Waals surface area contributed by atoms with Crippen LogP contribution in [-0.2, 0) is 21.1 Å². The van der Waals surface area contributed by atoms with Gasteiger partial charge in [0.25, 0.3) is 0 Å². The van der Waals surface area contributed by atoms with E-state index in [1.165, 1.54) is 12.4 Å². The average molecular weight is 446 g/mol. The molecule has 0 atom stereocenters. The van der Waals surface area contributed by atoms with Crippen molar-refractivity contribution in [2.75, 3.05) is 23.5 Å². The van der Waals surface area contributed by atoms with Crippen LogP contribution in [0.5, 0.6) is 0 Å². The summed E-state index contributed by atoms with van der Waals surface area (Å²) in [6.07, 6.45) is 4.71. The van der Waals surface area contributed by atoms with Gasteiger partial charge in [-0.1, -0.05) is 6.92 Å². The van der Waals surface area contributed by atoms with Crippen molar-refractivity contribution in [1.82, 2.24) is 15.0 Å². The molecule has 164 valence electrons. The minimum absolute atomic E-state index is 0.00469. The van der Waals surface area contributed by atoms with Crippen LogP contribution >= 0.6 is 0 Å². The normalized spacial score (nSPS) is 14.1. The van der Waals surface area contributed by atoms with E-state index in [0.29, 0.717) is 40.2 Å². The minimum atomic E-state index is -3.55. The summed E-state index contributed by atoms with van der Waals surface area (Å²) in [5.41, 5.74) is 2.70. The Labute approximate surface area is 179 Å². The van der Waals surface area contributed by atoms with Crippen LogP contribution < -0.4 is 10.2 Å². The van der Waals surface area contributed by atoms with Gasteiger partial charge in [0.2, 0.25) is 5.91 Å². The zero-order valence-corrected chi connectivity index (χ0v) is 18.6. The number of aromatic nitrogens is 3. The smallest absolute Gasteiger partial charge is 0.228 e. The molecule has 2 N–H and O–H groups in total. The third-order valence-electron chi connectivity index (χ3n) is 5.55. The first-order valence-corrected chi connectivity index (χ1v) is 11.9. The van der Waals surface area contributed by atoms with Crippen molar-refractivity contribution in [3.05, 3.63) is 35.4 Å². The molecule has 3 aromatic rings. The maximum absolute atomic E-state index is 15.1. The molecule has 1 saturated carbocycles. The highest BCUT2D eigenvalue weighted by Gasteiger charge is 2.31. The van der Waals surface area contributed by atoms with E-state index in [-0.39, 0.29) is 22.4 Å². The van der Waals surface area contributed by atoms with Gasteiger partial charge < -0.3 is 15.2 Å². The van der Waals surface area contributed by atoms with Gasteiger partial charge in [0, 0.05) is 24.8 Å². The number of anilines is 3. The molecular formula is C21H24FN5O3S. The predicted octanol–water partition coefficient (Wildman–Crippen LogP) is 3.49. The van der Waals surface area contributed by atoms with Gasteiger partial charge >= 0.3 is 0 Å². The Morgan fingerprint density at radius 1 is 1.35 bits per heavy atom. The molecule has 1 aromatic carbocycles. The van der Waals surface area contributed by atoms with Gasteiger partial charge in [0.1, 0.15) is 17.2 Å². The highest BCUT2D eigenvalue weighted by molar-refractivity contribution is 7.90. The number of halogens is 1. The predicted molar refractivity (Wildman–Crippen MR) is 117 cm³/mol. The van der Waals surface area contributed by atoms with Gasteiger partial charge in [-0.05, 0) is 43.9 Å². The lowest BCUT2D eigenvalue weighted by Crippen LogP contribution is -2.20. The zero-order chi connectivity index (χ0) is 22.5. The number of aryl methyl sites for hydroxylation is 2. The molecule has 1 aliphatic carbocycles. The molecule has 0 unspecified atom stereocenters. The maximum Gasteiger partial charge on any atom is 0.228 e. The van der Waals surface area contributed by atoms with Gasteiger partial charge in [-0.15, -0.1) is 0 Å². The Morgan fingerprint density at radius 2 is 2.06 bits per heavy atom. The lowest BCUT2D eigenvalue weighted by Gasteiger charge is -2.25. The van der Waals surface area contributed by atoms with Gasteiger partial charge in [0.15, 0.2) is 15.7 Å². The molecule has 2 aromatic heterocycles. The number of hydrogen-bond acceptors (Lipinski definition) is 6. The molecule has 8 nitrogen and oxygen atoms in total. The highest BCUT2D eigenvalue weighted by Crippen LogP contribution is 2.37. The van der Waals surface area contributed by atoms with Crippen molar-refractivity contribution in [2.45, 2.75) is 38.0 Å². The van der Waals surface area contributed by atoms with Gasteiger partial charge in [-0.25, -0.2) is 22.8 Å². The SMILES string of the molecule is CCc1cc(S(C)(=O)=O)cc(F)c1N(C)c1nc(NC(=O)C2CC2)c2[nH]cnc2c1C. The summed E-state index contributed by atoms with van der Waals surface area (Å²) >= 11 is 0. The standard InChI is InChI=1S/C21H24FN5O3S/c1-5-12-8-14(31(4,29)30)9-15(22)18(12)27(3)20-11(2)16-17(24-10-23-16)19(25-20)26-21(28)13-6-7-13/h8-10,13H,5-7H2,1-4H3,(H,23,24)(H,25,26,28). The van der Waals surface area contributed by atoms with Gasteiger partial charge in [-0.3, -0.25) is 4.79 Å². The van der Waals surface area contributed by atoms with Crippen LogP contribution in [0.25, 0.3) is 11.0 Å². The van der Waals surface area contributed by atoms with Gasteiger partial charge in [0.05, 0.1) is 22.4 Å². The van der Waals surface area contributed by atoms with E-state index in [2.05, 4.69) is 20.3 Å². The quantitative estimate of drug-likeness (QED) is 0.601. The number of nitrogens with one attached hydrogen (secondary N) is 2. The summed E-state index contributed by atoms with van der Waals surface area (Å²) in [7, 11) is -1.89. The number of hydrogen-bond donors (Lipinski definition) is 2. The number of aromatic amines is 1. The number of rotatable bonds is 6. The second-order valence-electron chi connectivity index (χ2n) is 7.90. The van der Waals surface area contributed by atoms with E-state index >= 15 is 4.39 Å². The summed E-state index contributed by atoms with van der Waals surface area (Å²) < 4.78 is 39.0. The number of pyridine rings is 1. The summed E-state index contributed by atoms with van der Waals surface area (Å²) in [5.74, 6) is -0.00245. The van der Waals surface area contributed by atoms with Crippen molar-refractivity contribution in [3.63, 3.8) is 0 Å². The average Bonchev–Trinajstić information content (AvgIpc) is 3.44. The fraction of sp³-hybridized carbons (Fsp3) is 0.381. The minimum Gasteiger partial charge on any atom is -0.342 e. The van der Waals surface area contributed by atoms with E-state index in [9.17, 15) is 13.2 Å². The van der Waals surface area contributed by atoms with E-state index in [1.54, 1.807) is 11.9 Å². The fourth-order valence-corrected chi connectivity index (χ4v) is 4.36. The van der Waals surface area contributed by atoms with Crippen LogP contribution in [-0.4, -0.2) is 42.6 Å². The number of amides is 1. The third kappa shape index (κ3) is 3.87. The van der Waals surface area contributed by atoms with Gasteiger partial charge in [-0.2, -0.15) is 0 Å². The zero-order valence-electron chi connectivity index (χ0n) is 17.8. The van der Waals surface area contributed by atoms with Crippen LogP contribution in [0.4, 0.5) is 21.7 Å². The molecule has 0 radical (unpaired) electrons. The molecule has 2 heterocycles. The Hall–Kier alpha value is -3.01. The molecule has 1 amide bonds. The van der Waals surface area contributed by atoms with Crippen molar-refractivity contribution < 1.29 is 17.6 Å². The number of fused-ring (bicyclic) bond motifs is 1. The maximum atomic E-state index is 15.1. The monoisotopic (exact) mass is 445 g/mol. The molecular weight excluding hydrogens is 421 g/mol. The first-order valence-electron chi connectivity index (χ1n) is 10.0. The molecule has 1 aliphatic rings. The fourth-order valence-electron chi connectivity index (χ4n) is 3.69. The number of nitrogens with zero attached hydrogens (tertiary/aromatic N) is 3. The van der Waals surface area contributed by atoms with Crippen molar-refractivity contribution >= 4 is 44.1 Å². The number of carbonyl (C=O) groups is 1. The number of benzene rings is 1. The molecule has 31 heavy (non-hydrogen) atoms. The lowest BCUT2D eigenvalue weighted by molar-refractivity contribution is -0.117. The van der Waals surface area contributed by atoms with Crippen molar-refractivity contribution in [1.29, 1.82) is 0 Å². The molecule has 0 bridgehead atoms. The summed E-state index contributed by atoms with van der Waals surface area (Å²) in [6, 6.07) is 2.51. The van der Waals surface area contributed by atoms with Crippen molar-refractivity contribution in [2.24, 2.45) is 5.92 Å². The molecule has 0 aliphatic heterocycles. The first-order chi connectivity index (χ1) is 14.6. The van der Waals surface area contributed by atoms with E-state index in [1.807, 2.05) is 13.8 Å². The van der Waals surface area contributed by atoms with Crippen LogP contribution in [0.3, 0.4) is 0 Å². The molecule has 10 heteroatoms. The largest absolute Gasteiger partial charge is 0.342 e. The molecule has 0 saturated heterocycles. The third-order valence-corrected chi connectivity index (χ3v) is 6.64. The van der Waals surface area contributed by atoms with E-state index in [4.69, 9.17) is 0 Å². The van der Waals surface area contributed by atoms with E-state index in [0.717, 1.165) is 25.2 Å². The number of sulfone groups is 1. The summed E-state index contributed by atoms with van der Waals surface area (Å²) in [5, 5.41) is 2.86. The highest BCUT2D eigenvalue weighted by atomic mass is 32.2. The number of H-pyrrole nitrogens is 1. The summed E-state index contributed by atoms with van der Waals surface area (Å²) in [4.78, 5) is 25.8. The van der Waals surface area contributed by atoms with Crippen LogP contribution in [0.2, 0.25) is 0 Å². The lowest BCUT2D eigenvalue weighted by atomic mass is 10.1. The van der Waals surface area contributed by atoms with E-state index < -0.39 is 15.7 Å². The van der Waals surface area contributed by atoms with Crippen LogP contribution in [0.15, 0.2) is 23.4 Å². The Kier molecular flexibility index (Phi) is 5.20. The topological polar surface area (TPSA) is 108 Å². The number of imidazole rings is 1. The summed E-state index contributed by atoms with van der Waals surface area (Å²) in [6.45, 7) is 3.65. The first kappa shape index (κ1) is 21.2. The molecule has 4 rings (SSSR count). The number of carbonyl (C=O) groups excluding carboxylic acids is 1. The van der Waals surface area contributed by atoms with Crippen molar-refractivity contribution in [3.8, 4) is 0 Å². The second-order valence-corrected chi connectivity index (χ2v) is 9.91. The Bertz CT molecular complexity index is 1300. The second kappa shape index (κ2) is 7.60. The van der Waals surface area contributed by atoms with Crippen LogP contribution in [0, 0.1) is 18.7 Å². The van der Waals surface area contributed by atoms with Crippen LogP contribution in [0.1, 0.15) is 30.9 Å². The Morgan fingerprint density at radius 3 is 2.68 bits per heavy atom. The Balaban J connectivity index is 1.85. The molecule has 0 spiro atoms.